The third-order valence-electron chi connectivity index (χ3n) is 3.33. The lowest BCUT2D eigenvalue weighted by atomic mass is 10.2. The van der Waals surface area contributed by atoms with E-state index in [-0.39, 0.29) is 17.1 Å². The van der Waals surface area contributed by atoms with Gasteiger partial charge in [-0.1, -0.05) is 18.2 Å². The van der Waals surface area contributed by atoms with Crippen molar-refractivity contribution >= 4 is 21.6 Å². The molecule has 0 heterocycles. The molecule has 0 aliphatic heterocycles. The maximum atomic E-state index is 12.5. The molecular formula is C17H20N2O4S. The molecule has 0 bridgehead atoms. The first-order valence-electron chi connectivity index (χ1n) is 7.43. The van der Waals surface area contributed by atoms with Crippen LogP contribution < -0.4 is 10.0 Å². The van der Waals surface area contributed by atoms with E-state index in [2.05, 4.69) is 10.0 Å². The summed E-state index contributed by atoms with van der Waals surface area (Å²) in [4.78, 5) is 12.1. The van der Waals surface area contributed by atoms with Crippen molar-refractivity contribution in [3.8, 4) is 0 Å². The number of aliphatic hydroxyl groups is 1. The minimum atomic E-state index is -3.80. The summed E-state index contributed by atoms with van der Waals surface area (Å²) >= 11 is 0. The van der Waals surface area contributed by atoms with Gasteiger partial charge in [-0.05, 0) is 49.7 Å². The zero-order chi connectivity index (χ0) is 17.7. The van der Waals surface area contributed by atoms with Gasteiger partial charge in [-0.2, -0.15) is 0 Å². The van der Waals surface area contributed by atoms with E-state index in [0.717, 1.165) is 5.56 Å². The predicted octanol–water partition coefficient (Wildman–Crippen LogP) is 1.91. The van der Waals surface area contributed by atoms with Crippen LogP contribution in [0, 0.1) is 6.92 Å². The Morgan fingerprint density at radius 3 is 2.54 bits per heavy atom. The maximum Gasteiger partial charge on any atom is 0.261 e. The van der Waals surface area contributed by atoms with Gasteiger partial charge in [0.05, 0.1) is 11.5 Å². The number of aryl methyl sites for hydroxylation is 1. The molecule has 1 amide bonds. The molecule has 0 aliphatic carbocycles. The number of benzene rings is 2. The zero-order valence-corrected chi connectivity index (χ0v) is 14.3. The Morgan fingerprint density at radius 2 is 1.88 bits per heavy atom. The second-order valence-electron chi connectivity index (χ2n) is 5.56. The highest BCUT2D eigenvalue weighted by molar-refractivity contribution is 7.92. The van der Waals surface area contributed by atoms with E-state index in [1.807, 2.05) is 13.0 Å². The summed E-state index contributed by atoms with van der Waals surface area (Å²) < 4.78 is 27.5. The third kappa shape index (κ3) is 4.56. The van der Waals surface area contributed by atoms with Crippen LogP contribution in [0.25, 0.3) is 0 Å². The van der Waals surface area contributed by atoms with Crippen molar-refractivity contribution in [3.63, 3.8) is 0 Å². The molecular weight excluding hydrogens is 328 g/mol. The quantitative estimate of drug-likeness (QED) is 0.743. The first-order valence-corrected chi connectivity index (χ1v) is 8.91. The summed E-state index contributed by atoms with van der Waals surface area (Å²) in [5, 5.41) is 11.6. The maximum absolute atomic E-state index is 12.5. The number of aliphatic hydroxyl groups excluding tert-OH is 1. The summed E-state index contributed by atoms with van der Waals surface area (Å²) in [6.45, 7) is 3.32. The van der Waals surface area contributed by atoms with Crippen molar-refractivity contribution in [1.29, 1.82) is 0 Å². The molecule has 0 aliphatic rings. The van der Waals surface area contributed by atoms with Crippen molar-refractivity contribution < 1.29 is 18.3 Å². The fraction of sp³-hybridized carbons (Fsp3) is 0.235. The fourth-order valence-corrected chi connectivity index (χ4v) is 3.17. The molecule has 0 aromatic heterocycles. The molecule has 0 spiro atoms. The molecule has 1 atom stereocenters. The topological polar surface area (TPSA) is 95.5 Å². The minimum absolute atomic E-state index is 0.00620. The minimum Gasteiger partial charge on any atom is -0.394 e. The summed E-state index contributed by atoms with van der Waals surface area (Å²) in [6, 6.07) is 12.3. The Hall–Kier alpha value is -2.38. The van der Waals surface area contributed by atoms with E-state index in [4.69, 9.17) is 5.11 Å². The van der Waals surface area contributed by atoms with E-state index in [9.17, 15) is 13.2 Å². The molecule has 128 valence electrons. The summed E-state index contributed by atoms with van der Waals surface area (Å²) in [6.07, 6.45) is 0. The first-order chi connectivity index (χ1) is 11.3. The summed E-state index contributed by atoms with van der Waals surface area (Å²) in [5.41, 5.74) is 1.60. The molecule has 24 heavy (non-hydrogen) atoms. The van der Waals surface area contributed by atoms with Crippen LogP contribution >= 0.6 is 0 Å². The number of amides is 1. The number of hydrogen-bond acceptors (Lipinski definition) is 4. The molecule has 7 heteroatoms. The molecule has 0 fully saturated rings. The SMILES string of the molecule is Cc1cccc(NS(=O)(=O)c2cccc(C(=O)N[C@@H](C)CO)c2)c1. The average molecular weight is 348 g/mol. The molecule has 2 aromatic rings. The van der Waals surface area contributed by atoms with Crippen molar-refractivity contribution in [2.24, 2.45) is 0 Å². The zero-order valence-electron chi connectivity index (χ0n) is 13.5. The van der Waals surface area contributed by atoms with Crippen LogP contribution in [-0.4, -0.2) is 32.1 Å². The van der Waals surface area contributed by atoms with Crippen LogP contribution in [-0.2, 0) is 10.0 Å². The van der Waals surface area contributed by atoms with Gasteiger partial charge in [0.15, 0.2) is 0 Å². The van der Waals surface area contributed by atoms with E-state index < -0.39 is 22.0 Å². The van der Waals surface area contributed by atoms with Crippen molar-refractivity contribution in [1.82, 2.24) is 5.32 Å². The molecule has 0 radical (unpaired) electrons. The van der Waals surface area contributed by atoms with Gasteiger partial charge in [0.2, 0.25) is 0 Å². The molecule has 6 nitrogen and oxygen atoms in total. The van der Waals surface area contributed by atoms with Crippen LogP contribution in [0.2, 0.25) is 0 Å². The molecule has 2 aromatic carbocycles. The third-order valence-corrected chi connectivity index (χ3v) is 4.71. The van der Waals surface area contributed by atoms with E-state index in [1.165, 1.54) is 24.3 Å². The van der Waals surface area contributed by atoms with Gasteiger partial charge >= 0.3 is 0 Å². The number of nitrogens with one attached hydrogen (secondary N) is 2. The van der Waals surface area contributed by atoms with E-state index >= 15 is 0 Å². The standard InChI is InChI=1S/C17H20N2O4S/c1-12-5-3-7-15(9-12)19-24(22,23)16-8-4-6-14(10-16)17(21)18-13(2)11-20/h3-10,13,19-20H,11H2,1-2H3,(H,18,21)/t13-/m0/s1. The van der Waals surface area contributed by atoms with Gasteiger partial charge in [-0.15, -0.1) is 0 Å². The lowest BCUT2D eigenvalue weighted by Gasteiger charge is -2.12. The van der Waals surface area contributed by atoms with Crippen LogP contribution in [0.15, 0.2) is 53.4 Å². The molecule has 0 saturated heterocycles. The van der Waals surface area contributed by atoms with Gasteiger partial charge in [0, 0.05) is 17.3 Å². The number of sulfonamides is 1. The molecule has 2 rings (SSSR count). The van der Waals surface area contributed by atoms with Gasteiger partial charge in [-0.25, -0.2) is 8.42 Å². The summed E-state index contributed by atoms with van der Waals surface area (Å²) in [7, 11) is -3.80. The monoisotopic (exact) mass is 348 g/mol. The second kappa shape index (κ2) is 7.46. The highest BCUT2D eigenvalue weighted by Crippen LogP contribution is 2.18. The smallest absolute Gasteiger partial charge is 0.261 e. The van der Waals surface area contributed by atoms with Crippen molar-refractivity contribution in [2.75, 3.05) is 11.3 Å². The number of carbonyl (C=O) groups is 1. The van der Waals surface area contributed by atoms with Crippen LogP contribution in [0.1, 0.15) is 22.8 Å². The molecule has 0 unspecified atom stereocenters. The lowest BCUT2D eigenvalue weighted by molar-refractivity contribution is 0.0922. The van der Waals surface area contributed by atoms with Gasteiger partial charge in [0.1, 0.15) is 0 Å². The predicted molar refractivity (Wildman–Crippen MR) is 92.4 cm³/mol. The van der Waals surface area contributed by atoms with Crippen molar-refractivity contribution in [2.45, 2.75) is 24.8 Å². The molecule has 3 N–H and O–H groups in total. The normalized spacial score (nSPS) is 12.5. The number of rotatable bonds is 6. The Bertz CT molecular complexity index is 834. The van der Waals surface area contributed by atoms with E-state index in [1.54, 1.807) is 25.1 Å². The van der Waals surface area contributed by atoms with Crippen LogP contribution in [0.5, 0.6) is 0 Å². The van der Waals surface area contributed by atoms with Crippen LogP contribution in [0.3, 0.4) is 0 Å². The Morgan fingerprint density at radius 1 is 1.17 bits per heavy atom. The molecule has 0 saturated carbocycles. The van der Waals surface area contributed by atoms with Crippen LogP contribution in [0.4, 0.5) is 5.69 Å². The largest absolute Gasteiger partial charge is 0.394 e. The summed E-state index contributed by atoms with van der Waals surface area (Å²) in [5.74, 6) is -0.441. The lowest BCUT2D eigenvalue weighted by Crippen LogP contribution is -2.35. The second-order valence-corrected chi connectivity index (χ2v) is 7.24. The average Bonchev–Trinajstić information content (AvgIpc) is 2.54. The Balaban J connectivity index is 2.25. The van der Waals surface area contributed by atoms with Gasteiger partial charge < -0.3 is 10.4 Å². The van der Waals surface area contributed by atoms with Crippen molar-refractivity contribution in [3.05, 3.63) is 59.7 Å². The number of anilines is 1. The number of carbonyl (C=O) groups excluding carboxylic acids is 1. The Kier molecular flexibility index (Phi) is 5.58. The van der Waals surface area contributed by atoms with Gasteiger partial charge in [0.25, 0.3) is 15.9 Å². The number of hydrogen-bond donors (Lipinski definition) is 3. The highest BCUT2D eigenvalue weighted by Gasteiger charge is 2.17. The van der Waals surface area contributed by atoms with Gasteiger partial charge in [-0.3, -0.25) is 9.52 Å². The fourth-order valence-electron chi connectivity index (χ4n) is 2.08. The first kappa shape index (κ1) is 18.0. The Labute approximate surface area is 141 Å². The van der Waals surface area contributed by atoms with E-state index in [0.29, 0.717) is 5.69 Å². The highest BCUT2D eigenvalue weighted by atomic mass is 32.2.